The molecule has 6 heteroatoms. The molecule has 1 saturated heterocycles. The minimum Gasteiger partial charge on any atom is -0.378 e. The molecule has 0 aromatic heterocycles. The van der Waals surface area contributed by atoms with Crippen molar-refractivity contribution in [2.45, 2.75) is 52.2 Å². The van der Waals surface area contributed by atoms with E-state index < -0.39 is 0 Å². The number of guanidine groups is 1. The van der Waals surface area contributed by atoms with Crippen molar-refractivity contribution in [2.75, 3.05) is 38.2 Å². The van der Waals surface area contributed by atoms with Crippen LogP contribution >= 0.6 is 24.0 Å². The number of ether oxygens (including phenoxy) is 1. The molecular weight excluding hydrogens is 451 g/mol. The van der Waals surface area contributed by atoms with E-state index in [1.165, 1.54) is 5.69 Å². The van der Waals surface area contributed by atoms with Crippen molar-refractivity contribution < 1.29 is 4.74 Å². The number of benzene rings is 1. The van der Waals surface area contributed by atoms with Crippen LogP contribution in [-0.2, 0) is 4.74 Å². The molecule has 0 bridgehead atoms. The van der Waals surface area contributed by atoms with Crippen LogP contribution in [0, 0.1) is 5.92 Å². The van der Waals surface area contributed by atoms with Crippen LogP contribution < -0.4 is 15.5 Å². The highest BCUT2D eigenvalue weighted by Gasteiger charge is 2.20. The number of anilines is 1. The number of nitrogens with one attached hydrogen (secondary N) is 2. The summed E-state index contributed by atoms with van der Waals surface area (Å²) in [4.78, 5) is 6.85. The number of hydrogen-bond donors (Lipinski definition) is 2. The summed E-state index contributed by atoms with van der Waals surface area (Å²) in [5.41, 5.74) is 1.32. The zero-order valence-electron chi connectivity index (χ0n) is 17.3. The van der Waals surface area contributed by atoms with Crippen LogP contribution in [0.4, 0.5) is 5.69 Å². The molecule has 154 valence electrons. The Labute approximate surface area is 182 Å². The molecular formula is C21H37IN4O. The summed E-state index contributed by atoms with van der Waals surface area (Å²) >= 11 is 0. The van der Waals surface area contributed by atoms with Crippen LogP contribution in [0.15, 0.2) is 35.3 Å². The van der Waals surface area contributed by atoms with Crippen molar-refractivity contribution >= 4 is 35.6 Å². The van der Waals surface area contributed by atoms with Gasteiger partial charge in [0, 0.05) is 45.0 Å². The highest BCUT2D eigenvalue weighted by atomic mass is 127. The minimum absolute atomic E-state index is 0. The number of hydrogen-bond acceptors (Lipinski definition) is 3. The monoisotopic (exact) mass is 488 g/mol. The zero-order chi connectivity index (χ0) is 18.8. The van der Waals surface area contributed by atoms with E-state index in [1.54, 1.807) is 0 Å². The molecule has 0 saturated carbocycles. The number of aliphatic imine (C=N–C) groups is 1. The average Bonchev–Trinajstić information content (AvgIpc) is 2.67. The molecule has 1 unspecified atom stereocenters. The summed E-state index contributed by atoms with van der Waals surface area (Å²) in [5.74, 6) is 1.44. The first kappa shape index (κ1) is 24.0. The van der Waals surface area contributed by atoms with Gasteiger partial charge in [-0.05, 0) is 44.2 Å². The third-order valence-corrected chi connectivity index (χ3v) is 5.03. The summed E-state index contributed by atoms with van der Waals surface area (Å²) in [6, 6.07) is 11.2. The molecule has 1 aromatic carbocycles. The quantitative estimate of drug-likeness (QED) is 0.331. The summed E-state index contributed by atoms with van der Waals surface area (Å²) < 4.78 is 5.82. The van der Waals surface area contributed by atoms with Crippen molar-refractivity contribution in [2.24, 2.45) is 10.9 Å². The molecule has 2 N–H and O–H groups in total. The summed E-state index contributed by atoms with van der Waals surface area (Å²) in [5, 5.41) is 7.03. The standard InChI is InChI=1S/C21H36N4O.HI/c1-5-26-20(17(2)3)11-14-23-21(22-4)24-18-12-15-25(16-13-18)19-9-7-6-8-10-19;/h6-10,17-18,20H,5,11-16H2,1-4H3,(H2,22,23,24);1H. The number of halogens is 1. The van der Waals surface area contributed by atoms with Gasteiger partial charge in [0.1, 0.15) is 0 Å². The second kappa shape index (κ2) is 13.2. The SMILES string of the molecule is CCOC(CCNC(=NC)NC1CCN(c2ccccc2)CC1)C(C)C.I. The van der Waals surface area contributed by atoms with Crippen molar-refractivity contribution in [3.8, 4) is 0 Å². The molecule has 0 spiro atoms. The Morgan fingerprint density at radius 3 is 2.44 bits per heavy atom. The maximum Gasteiger partial charge on any atom is 0.191 e. The maximum absolute atomic E-state index is 5.82. The Kier molecular flexibility index (Phi) is 11.7. The number of para-hydroxylation sites is 1. The molecule has 0 aliphatic carbocycles. The van der Waals surface area contributed by atoms with Gasteiger partial charge in [0.2, 0.25) is 0 Å². The highest BCUT2D eigenvalue weighted by Crippen LogP contribution is 2.19. The summed E-state index contributed by atoms with van der Waals surface area (Å²) in [6.07, 6.45) is 3.56. The lowest BCUT2D eigenvalue weighted by Crippen LogP contribution is -2.49. The second-order valence-electron chi connectivity index (χ2n) is 7.27. The molecule has 1 heterocycles. The zero-order valence-corrected chi connectivity index (χ0v) is 19.6. The molecule has 27 heavy (non-hydrogen) atoms. The summed E-state index contributed by atoms with van der Waals surface area (Å²) in [7, 11) is 1.84. The number of rotatable bonds is 8. The minimum atomic E-state index is 0. The van der Waals surface area contributed by atoms with Gasteiger partial charge in [-0.15, -0.1) is 24.0 Å². The molecule has 1 aromatic rings. The Bertz CT molecular complexity index is 530. The van der Waals surface area contributed by atoms with Gasteiger partial charge in [-0.1, -0.05) is 32.0 Å². The van der Waals surface area contributed by atoms with Gasteiger partial charge in [0.05, 0.1) is 6.10 Å². The van der Waals surface area contributed by atoms with Crippen molar-refractivity contribution in [1.82, 2.24) is 10.6 Å². The molecule has 2 rings (SSSR count). The van der Waals surface area contributed by atoms with E-state index in [0.717, 1.165) is 51.5 Å². The fourth-order valence-corrected chi connectivity index (χ4v) is 3.46. The lowest BCUT2D eigenvalue weighted by molar-refractivity contribution is 0.0258. The Morgan fingerprint density at radius 1 is 1.22 bits per heavy atom. The normalized spacial score (nSPS) is 16.8. The van der Waals surface area contributed by atoms with E-state index in [9.17, 15) is 0 Å². The number of nitrogens with zero attached hydrogens (tertiary/aromatic N) is 2. The fourth-order valence-electron chi connectivity index (χ4n) is 3.46. The predicted octanol–water partition coefficient (Wildman–Crippen LogP) is 3.89. The highest BCUT2D eigenvalue weighted by molar-refractivity contribution is 14.0. The average molecular weight is 488 g/mol. The van der Waals surface area contributed by atoms with E-state index in [2.05, 4.69) is 71.6 Å². The maximum atomic E-state index is 5.82. The molecule has 1 aliphatic heterocycles. The lowest BCUT2D eigenvalue weighted by Gasteiger charge is -2.34. The molecule has 1 aliphatic rings. The number of piperidine rings is 1. The predicted molar refractivity (Wildman–Crippen MR) is 126 cm³/mol. The Morgan fingerprint density at radius 2 is 1.89 bits per heavy atom. The second-order valence-corrected chi connectivity index (χ2v) is 7.27. The lowest BCUT2D eigenvalue weighted by atomic mass is 10.0. The van der Waals surface area contributed by atoms with Crippen molar-refractivity contribution in [3.63, 3.8) is 0 Å². The van der Waals surface area contributed by atoms with Gasteiger partial charge in [-0.3, -0.25) is 4.99 Å². The third-order valence-electron chi connectivity index (χ3n) is 5.03. The largest absolute Gasteiger partial charge is 0.378 e. The van der Waals surface area contributed by atoms with E-state index in [0.29, 0.717) is 18.1 Å². The first-order valence-electron chi connectivity index (χ1n) is 10.0. The van der Waals surface area contributed by atoms with Crippen LogP contribution in [0.5, 0.6) is 0 Å². The third kappa shape index (κ3) is 8.25. The van der Waals surface area contributed by atoms with E-state index in [1.807, 2.05) is 7.05 Å². The Hall–Kier alpha value is -1.02. The van der Waals surface area contributed by atoms with Crippen molar-refractivity contribution in [1.29, 1.82) is 0 Å². The summed E-state index contributed by atoms with van der Waals surface area (Å²) in [6.45, 7) is 10.3. The van der Waals surface area contributed by atoms with Crippen LogP contribution in [-0.4, -0.2) is 51.4 Å². The van der Waals surface area contributed by atoms with Crippen molar-refractivity contribution in [3.05, 3.63) is 30.3 Å². The molecule has 0 radical (unpaired) electrons. The van der Waals surface area contributed by atoms with Crippen LogP contribution in [0.25, 0.3) is 0 Å². The van der Waals surface area contributed by atoms with E-state index in [-0.39, 0.29) is 24.0 Å². The van der Waals surface area contributed by atoms with Crippen LogP contribution in [0.1, 0.15) is 40.0 Å². The molecule has 1 fully saturated rings. The van der Waals surface area contributed by atoms with E-state index >= 15 is 0 Å². The Balaban J connectivity index is 0.00000364. The molecule has 1 atom stereocenters. The van der Waals surface area contributed by atoms with Crippen LogP contribution in [0.3, 0.4) is 0 Å². The molecule has 5 nitrogen and oxygen atoms in total. The smallest absolute Gasteiger partial charge is 0.191 e. The molecule has 0 amide bonds. The van der Waals surface area contributed by atoms with Gasteiger partial charge >= 0.3 is 0 Å². The topological polar surface area (TPSA) is 48.9 Å². The fraction of sp³-hybridized carbons (Fsp3) is 0.667. The van der Waals surface area contributed by atoms with Gasteiger partial charge < -0.3 is 20.3 Å². The first-order valence-corrected chi connectivity index (χ1v) is 10.0. The van der Waals surface area contributed by atoms with E-state index in [4.69, 9.17) is 4.74 Å². The van der Waals surface area contributed by atoms with Crippen LogP contribution in [0.2, 0.25) is 0 Å². The first-order chi connectivity index (χ1) is 12.6. The van der Waals surface area contributed by atoms with Gasteiger partial charge in [-0.25, -0.2) is 0 Å². The van der Waals surface area contributed by atoms with Gasteiger partial charge in [0.25, 0.3) is 0 Å². The van der Waals surface area contributed by atoms with Gasteiger partial charge in [-0.2, -0.15) is 0 Å². The van der Waals surface area contributed by atoms with Gasteiger partial charge in [0.15, 0.2) is 5.96 Å².